The van der Waals surface area contributed by atoms with Crippen LogP contribution in [0.2, 0.25) is 5.02 Å². The maximum atomic E-state index is 11.9. The molecule has 1 atom stereocenters. The number of esters is 1. The normalized spacial score (nSPS) is 12.9. The van der Waals surface area contributed by atoms with Crippen molar-refractivity contribution in [1.29, 1.82) is 0 Å². The minimum absolute atomic E-state index is 0.235. The zero-order valence-electron chi connectivity index (χ0n) is 9.61. The fourth-order valence-electron chi connectivity index (χ4n) is 1.11. The van der Waals surface area contributed by atoms with E-state index in [1.54, 1.807) is 18.2 Å². The van der Waals surface area contributed by atoms with Gasteiger partial charge in [-0.3, -0.25) is 9.52 Å². The smallest absolute Gasteiger partial charge is 0.325 e. The van der Waals surface area contributed by atoms with Crippen LogP contribution in [0.25, 0.3) is 0 Å². The zero-order valence-corrected chi connectivity index (χ0v) is 13.3. The largest absolute Gasteiger partial charge is 0.468 e. The Bertz CT molecular complexity index is 561. The van der Waals surface area contributed by atoms with E-state index in [0.717, 1.165) is 10.7 Å². The molecule has 0 heterocycles. The summed E-state index contributed by atoms with van der Waals surface area (Å²) in [7, 11) is -2.74. The van der Waals surface area contributed by atoms with Crippen LogP contribution >= 0.6 is 34.2 Å². The van der Waals surface area contributed by atoms with E-state index in [1.807, 2.05) is 22.6 Å². The van der Waals surface area contributed by atoms with Crippen LogP contribution in [0.5, 0.6) is 0 Å². The second kappa shape index (κ2) is 6.07. The summed E-state index contributed by atoms with van der Waals surface area (Å²) >= 11 is 7.90. The predicted octanol–water partition coefficient (Wildman–Crippen LogP) is 2.25. The standard InChI is InChI=1S/C10H11ClINO4S/c1-6(10(14)17-2)18(15,16)13-9-5-7(12)3-4-8(9)11/h3-6,13H,1-2H3. The molecule has 8 heteroatoms. The first-order valence-corrected chi connectivity index (χ1v) is 7.82. The molecule has 5 nitrogen and oxygen atoms in total. The van der Waals surface area contributed by atoms with Crippen LogP contribution in [-0.4, -0.2) is 26.7 Å². The SMILES string of the molecule is COC(=O)C(C)S(=O)(=O)Nc1cc(I)ccc1Cl. The first-order chi connectivity index (χ1) is 8.27. The number of benzene rings is 1. The van der Waals surface area contributed by atoms with Gasteiger partial charge in [0.25, 0.3) is 0 Å². The molecule has 0 aliphatic heterocycles. The van der Waals surface area contributed by atoms with Gasteiger partial charge in [0.05, 0.1) is 17.8 Å². The Morgan fingerprint density at radius 1 is 1.50 bits per heavy atom. The minimum atomic E-state index is -3.88. The van der Waals surface area contributed by atoms with Crippen molar-refractivity contribution in [2.45, 2.75) is 12.2 Å². The first kappa shape index (κ1) is 15.5. The van der Waals surface area contributed by atoms with Gasteiger partial charge in [-0.05, 0) is 47.7 Å². The molecule has 1 N–H and O–H groups in total. The Kier molecular flexibility index (Phi) is 5.23. The second-order valence-electron chi connectivity index (χ2n) is 3.44. The number of hydrogen-bond acceptors (Lipinski definition) is 4. The highest BCUT2D eigenvalue weighted by Crippen LogP contribution is 2.25. The summed E-state index contributed by atoms with van der Waals surface area (Å²) < 4.78 is 31.3. The number of sulfonamides is 1. The van der Waals surface area contributed by atoms with E-state index < -0.39 is 21.2 Å². The number of carbonyl (C=O) groups is 1. The lowest BCUT2D eigenvalue weighted by atomic mass is 10.3. The molecule has 0 radical (unpaired) electrons. The monoisotopic (exact) mass is 403 g/mol. The molecule has 0 saturated carbocycles. The van der Waals surface area contributed by atoms with Gasteiger partial charge in [-0.15, -0.1) is 0 Å². The molecular weight excluding hydrogens is 393 g/mol. The highest BCUT2D eigenvalue weighted by Gasteiger charge is 2.29. The van der Waals surface area contributed by atoms with E-state index >= 15 is 0 Å². The molecule has 0 spiro atoms. The van der Waals surface area contributed by atoms with Crippen molar-refractivity contribution in [2.24, 2.45) is 0 Å². The second-order valence-corrected chi connectivity index (χ2v) is 7.09. The summed E-state index contributed by atoms with van der Waals surface area (Å²) in [4.78, 5) is 11.2. The zero-order chi connectivity index (χ0) is 13.9. The van der Waals surface area contributed by atoms with E-state index in [1.165, 1.54) is 6.92 Å². The molecule has 100 valence electrons. The molecular formula is C10H11ClINO4S. The number of carbonyl (C=O) groups excluding carboxylic acids is 1. The van der Waals surface area contributed by atoms with Crippen molar-refractivity contribution in [3.63, 3.8) is 0 Å². The number of hydrogen-bond donors (Lipinski definition) is 1. The summed E-state index contributed by atoms with van der Waals surface area (Å²) in [6.07, 6.45) is 0. The minimum Gasteiger partial charge on any atom is -0.468 e. The van der Waals surface area contributed by atoms with E-state index in [-0.39, 0.29) is 10.7 Å². The summed E-state index contributed by atoms with van der Waals surface area (Å²) in [6, 6.07) is 4.89. The maximum absolute atomic E-state index is 11.9. The number of halogens is 2. The van der Waals surface area contributed by atoms with Crippen molar-refractivity contribution in [2.75, 3.05) is 11.8 Å². The molecule has 1 rings (SSSR count). The lowest BCUT2D eigenvalue weighted by molar-refractivity contribution is -0.139. The van der Waals surface area contributed by atoms with Gasteiger partial charge in [-0.2, -0.15) is 0 Å². The first-order valence-electron chi connectivity index (χ1n) is 4.82. The van der Waals surface area contributed by atoms with Crippen LogP contribution in [0.4, 0.5) is 5.69 Å². The molecule has 0 saturated heterocycles. The molecule has 0 aromatic heterocycles. The van der Waals surface area contributed by atoms with Crippen LogP contribution < -0.4 is 4.72 Å². The average molecular weight is 404 g/mol. The third-order valence-corrected chi connectivity index (χ3v) is 4.81. The van der Waals surface area contributed by atoms with E-state index in [0.29, 0.717) is 0 Å². The number of anilines is 1. The van der Waals surface area contributed by atoms with Gasteiger partial charge in [0.15, 0.2) is 5.25 Å². The van der Waals surface area contributed by atoms with Gasteiger partial charge in [-0.1, -0.05) is 11.6 Å². The number of rotatable bonds is 4. The van der Waals surface area contributed by atoms with Crippen molar-refractivity contribution in [3.8, 4) is 0 Å². The fraction of sp³-hybridized carbons (Fsp3) is 0.300. The third kappa shape index (κ3) is 3.72. The van der Waals surface area contributed by atoms with E-state index in [9.17, 15) is 13.2 Å². The summed E-state index contributed by atoms with van der Waals surface area (Å²) in [6.45, 7) is 1.25. The lowest BCUT2D eigenvalue weighted by Gasteiger charge is -2.14. The molecule has 0 bridgehead atoms. The van der Waals surface area contributed by atoms with Crippen molar-refractivity contribution < 1.29 is 17.9 Å². The number of methoxy groups -OCH3 is 1. The highest BCUT2D eigenvalue weighted by atomic mass is 127. The highest BCUT2D eigenvalue weighted by molar-refractivity contribution is 14.1. The van der Waals surface area contributed by atoms with Gasteiger partial charge in [0.1, 0.15) is 0 Å². The van der Waals surface area contributed by atoms with Crippen molar-refractivity contribution in [1.82, 2.24) is 0 Å². The van der Waals surface area contributed by atoms with Gasteiger partial charge >= 0.3 is 5.97 Å². The van der Waals surface area contributed by atoms with Crippen LogP contribution in [0.3, 0.4) is 0 Å². The predicted molar refractivity (Wildman–Crippen MR) is 78.2 cm³/mol. The Labute approximate surface area is 124 Å². The topological polar surface area (TPSA) is 72.5 Å². The maximum Gasteiger partial charge on any atom is 0.325 e. The molecule has 0 fully saturated rings. The summed E-state index contributed by atoms with van der Waals surface area (Å²) in [5, 5.41) is -1.05. The Balaban J connectivity index is 3.02. The van der Waals surface area contributed by atoms with Crippen LogP contribution in [0.1, 0.15) is 6.92 Å². The number of nitrogens with one attached hydrogen (secondary N) is 1. The van der Waals surface area contributed by atoms with E-state index in [2.05, 4.69) is 9.46 Å². The summed E-state index contributed by atoms with van der Waals surface area (Å²) in [5.74, 6) is -0.829. The average Bonchev–Trinajstić information content (AvgIpc) is 2.31. The molecule has 1 aromatic carbocycles. The van der Waals surface area contributed by atoms with Crippen LogP contribution in [0, 0.1) is 3.57 Å². The fourth-order valence-corrected chi connectivity index (χ4v) is 2.82. The van der Waals surface area contributed by atoms with Gasteiger partial charge < -0.3 is 4.74 Å². The molecule has 0 aliphatic rings. The molecule has 0 aliphatic carbocycles. The van der Waals surface area contributed by atoms with Crippen LogP contribution in [-0.2, 0) is 19.6 Å². The Hall–Kier alpha value is -0.540. The molecule has 1 unspecified atom stereocenters. The van der Waals surface area contributed by atoms with Gasteiger partial charge in [0, 0.05) is 3.57 Å². The quantitative estimate of drug-likeness (QED) is 0.618. The molecule has 0 amide bonds. The molecule has 18 heavy (non-hydrogen) atoms. The third-order valence-electron chi connectivity index (χ3n) is 2.18. The van der Waals surface area contributed by atoms with E-state index in [4.69, 9.17) is 11.6 Å². The number of ether oxygens (including phenoxy) is 1. The van der Waals surface area contributed by atoms with Crippen LogP contribution in [0.15, 0.2) is 18.2 Å². The summed E-state index contributed by atoms with van der Waals surface area (Å²) in [5.41, 5.74) is 0.235. The van der Waals surface area contributed by atoms with Gasteiger partial charge in [-0.25, -0.2) is 8.42 Å². The Morgan fingerprint density at radius 3 is 2.67 bits per heavy atom. The molecule has 1 aromatic rings. The van der Waals surface area contributed by atoms with Crippen molar-refractivity contribution in [3.05, 3.63) is 26.8 Å². The Morgan fingerprint density at radius 2 is 2.11 bits per heavy atom. The van der Waals surface area contributed by atoms with Gasteiger partial charge in [0.2, 0.25) is 10.0 Å². The van der Waals surface area contributed by atoms with Crippen molar-refractivity contribution >= 4 is 55.9 Å². The lowest BCUT2D eigenvalue weighted by Crippen LogP contribution is -2.33.